The molecule has 23 heavy (non-hydrogen) atoms. The van der Waals surface area contributed by atoms with Crippen LogP contribution < -0.4 is 10.6 Å². The van der Waals surface area contributed by atoms with Crippen molar-refractivity contribution < 1.29 is 24.6 Å². The van der Waals surface area contributed by atoms with Gasteiger partial charge in [-0.25, -0.2) is 4.79 Å². The fourth-order valence-electron chi connectivity index (χ4n) is 1.95. The Bertz CT molecular complexity index is 758. The van der Waals surface area contributed by atoms with Crippen molar-refractivity contribution in [3.8, 4) is 5.75 Å². The summed E-state index contributed by atoms with van der Waals surface area (Å²) >= 11 is 0. The highest BCUT2D eigenvalue weighted by atomic mass is 16.4. The van der Waals surface area contributed by atoms with Gasteiger partial charge < -0.3 is 15.5 Å². The molecule has 4 N–H and O–H groups in total. The molecule has 7 nitrogen and oxygen atoms in total. The minimum absolute atomic E-state index is 0.0403. The molecule has 0 heterocycles. The molecule has 0 spiro atoms. The molecule has 2 aromatic carbocycles. The summed E-state index contributed by atoms with van der Waals surface area (Å²) in [5, 5.41) is 22.9. The molecule has 0 aliphatic heterocycles. The zero-order valence-electron chi connectivity index (χ0n) is 11.9. The number of aliphatic carboxylic acids is 1. The number of phenolic OH excluding ortho intramolecular Hbond substituents is 1. The van der Waals surface area contributed by atoms with Crippen LogP contribution in [0.4, 0.5) is 10.5 Å². The summed E-state index contributed by atoms with van der Waals surface area (Å²) in [5.74, 6) is -2.05. The van der Waals surface area contributed by atoms with Crippen LogP contribution in [-0.4, -0.2) is 28.1 Å². The summed E-state index contributed by atoms with van der Waals surface area (Å²) in [6.07, 6.45) is -0.260. The van der Waals surface area contributed by atoms with Gasteiger partial charge in [-0.2, -0.15) is 0 Å². The molecule has 0 unspecified atom stereocenters. The number of aromatic hydroxyl groups is 1. The number of amides is 3. The largest absolute Gasteiger partial charge is 0.507 e. The maximum atomic E-state index is 11.9. The van der Waals surface area contributed by atoms with E-state index in [2.05, 4.69) is 10.6 Å². The average Bonchev–Trinajstić information content (AvgIpc) is 2.49. The number of imide groups is 1. The van der Waals surface area contributed by atoms with E-state index in [0.717, 1.165) is 0 Å². The Kier molecular flexibility index (Phi) is 4.93. The molecule has 0 aliphatic carbocycles. The number of carbonyl (C=O) groups excluding carboxylic acids is 2. The molecule has 118 valence electrons. The number of hydrogen-bond acceptors (Lipinski definition) is 4. The molecule has 7 heteroatoms. The number of phenols is 1. The lowest BCUT2D eigenvalue weighted by atomic mass is 10.1. The van der Waals surface area contributed by atoms with Gasteiger partial charge in [-0.05, 0) is 23.8 Å². The molecular weight excluding hydrogens is 300 g/mol. The zero-order valence-corrected chi connectivity index (χ0v) is 11.9. The van der Waals surface area contributed by atoms with Gasteiger partial charge >= 0.3 is 12.0 Å². The Balaban J connectivity index is 2.07. The number of anilines is 1. The summed E-state index contributed by atoms with van der Waals surface area (Å²) in [5.41, 5.74) is 0.657. The number of para-hydroxylation sites is 2. The van der Waals surface area contributed by atoms with E-state index in [9.17, 15) is 19.5 Å². The van der Waals surface area contributed by atoms with Crippen LogP contribution in [0.25, 0.3) is 0 Å². The van der Waals surface area contributed by atoms with Gasteiger partial charge in [-0.3, -0.25) is 14.9 Å². The number of urea groups is 1. The van der Waals surface area contributed by atoms with Crippen LogP contribution in [0.2, 0.25) is 0 Å². The second-order valence-corrected chi connectivity index (χ2v) is 4.65. The maximum Gasteiger partial charge on any atom is 0.326 e. The first-order chi connectivity index (χ1) is 11.0. The summed E-state index contributed by atoms with van der Waals surface area (Å²) < 4.78 is 0. The van der Waals surface area contributed by atoms with Crippen molar-refractivity contribution in [2.75, 3.05) is 5.32 Å². The summed E-state index contributed by atoms with van der Waals surface area (Å²) in [6.45, 7) is 0. The van der Waals surface area contributed by atoms with Crippen LogP contribution in [0.15, 0.2) is 48.5 Å². The average molecular weight is 314 g/mol. The van der Waals surface area contributed by atoms with E-state index in [1.54, 1.807) is 30.3 Å². The molecule has 0 radical (unpaired) electrons. The molecule has 0 saturated heterocycles. The van der Waals surface area contributed by atoms with Gasteiger partial charge in [0.25, 0.3) is 5.91 Å². The summed E-state index contributed by atoms with van der Waals surface area (Å²) in [4.78, 5) is 34.6. The van der Waals surface area contributed by atoms with Crippen LogP contribution >= 0.6 is 0 Å². The molecule has 2 rings (SSSR count). The lowest BCUT2D eigenvalue weighted by Gasteiger charge is -2.10. The van der Waals surface area contributed by atoms with Crippen LogP contribution in [-0.2, 0) is 11.2 Å². The van der Waals surface area contributed by atoms with Gasteiger partial charge in [0.15, 0.2) is 0 Å². The third-order valence-electron chi connectivity index (χ3n) is 2.98. The van der Waals surface area contributed by atoms with Gasteiger partial charge in [-0.1, -0.05) is 30.3 Å². The first kappa shape index (κ1) is 16.0. The summed E-state index contributed by atoms with van der Waals surface area (Å²) in [6, 6.07) is 11.3. The Hall–Kier alpha value is -3.35. The minimum atomic E-state index is -1.04. The topological polar surface area (TPSA) is 116 Å². The summed E-state index contributed by atoms with van der Waals surface area (Å²) in [7, 11) is 0. The third kappa shape index (κ3) is 4.31. The van der Waals surface area contributed by atoms with Crippen LogP contribution in [0.5, 0.6) is 5.75 Å². The van der Waals surface area contributed by atoms with E-state index in [4.69, 9.17) is 5.11 Å². The van der Waals surface area contributed by atoms with Gasteiger partial charge in [0.2, 0.25) is 0 Å². The monoisotopic (exact) mass is 314 g/mol. The lowest BCUT2D eigenvalue weighted by Crippen LogP contribution is -2.34. The highest BCUT2D eigenvalue weighted by Crippen LogP contribution is 2.17. The number of carboxylic acid groups (broad SMARTS) is 1. The molecule has 0 aliphatic rings. The van der Waals surface area contributed by atoms with Crippen molar-refractivity contribution >= 4 is 23.6 Å². The molecule has 0 bridgehead atoms. The van der Waals surface area contributed by atoms with Crippen molar-refractivity contribution in [3.63, 3.8) is 0 Å². The highest BCUT2D eigenvalue weighted by Gasteiger charge is 2.15. The van der Waals surface area contributed by atoms with Crippen molar-refractivity contribution in [1.82, 2.24) is 5.32 Å². The standard InChI is InChI=1S/C16H14N2O5/c19-13-8-4-2-6-11(13)15(22)18-16(23)17-12-7-3-1-5-10(12)9-14(20)21/h1-8,19H,9H2,(H,20,21)(H2,17,18,22,23). The minimum Gasteiger partial charge on any atom is -0.507 e. The molecular formula is C16H14N2O5. The van der Waals surface area contributed by atoms with Crippen LogP contribution in [0, 0.1) is 0 Å². The predicted octanol–water partition coefficient (Wildman–Crippen LogP) is 1.98. The number of benzene rings is 2. The predicted molar refractivity (Wildman–Crippen MR) is 82.4 cm³/mol. The SMILES string of the molecule is O=C(O)Cc1ccccc1NC(=O)NC(=O)c1ccccc1O. The highest BCUT2D eigenvalue weighted by molar-refractivity contribution is 6.09. The molecule has 2 aromatic rings. The van der Waals surface area contributed by atoms with Crippen LogP contribution in [0.3, 0.4) is 0 Å². The second kappa shape index (κ2) is 7.08. The Morgan fingerprint density at radius 1 is 0.957 bits per heavy atom. The van der Waals surface area contributed by atoms with Crippen molar-refractivity contribution in [1.29, 1.82) is 0 Å². The quantitative estimate of drug-likeness (QED) is 0.688. The number of nitrogens with one attached hydrogen (secondary N) is 2. The molecule has 3 amide bonds. The molecule has 0 saturated carbocycles. The second-order valence-electron chi connectivity index (χ2n) is 4.65. The van der Waals surface area contributed by atoms with Gasteiger partial charge in [-0.15, -0.1) is 0 Å². The first-order valence-electron chi connectivity index (χ1n) is 6.67. The lowest BCUT2D eigenvalue weighted by molar-refractivity contribution is -0.136. The number of carbonyl (C=O) groups is 3. The fourth-order valence-corrected chi connectivity index (χ4v) is 1.95. The van der Waals surface area contributed by atoms with E-state index >= 15 is 0 Å². The molecule has 0 atom stereocenters. The van der Waals surface area contributed by atoms with Crippen LogP contribution in [0.1, 0.15) is 15.9 Å². The first-order valence-corrected chi connectivity index (χ1v) is 6.67. The fraction of sp³-hybridized carbons (Fsp3) is 0.0625. The smallest absolute Gasteiger partial charge is 0.326 e. The van der Waals surface area contributed by atoms with E-state index in [-0.39, 0.29) is 23.4 Å². The van der Waals surface area contributed by atoms with Crippen molar-refractivity contribution in [3.05, 3.63) is 59.7 Å². The Morgan fingerprint density at radius 2 is 1.61 bits per heavy atom. The van der Waals surface area contributed by atoms with E-state index < -0.39 is 17.9 Å². The van der Waals surface area contributed by atoms with Crippen molar-refractivity contribution in [2.24, 2.45) is 0 Å². The maximum absolute atomic E-state index is 11.9. The Labute approximate surface area is 131 Å². The zero-order chi connectivity index (χ0) is 16.8. The van der Waals surface area contributed by atoms with E-state index in [1.807, 2.05) is 0 Å². The number of carboxylic acids is 1. The van der Waals surface area contributed by atoms with Gasteiger partial charge in [0.1, 0.15) is 5.75 Å². The number of hydrogen-bond donors (Lipinski definition) is 4. The van der Waals surface area contributed by atoms with Gasteiger partial charge in [0, 0.05) is 5.69 Å². The normalized spacial score (nSPS) is 9.91. The molecule has 0 aromatic heterocycles. The van der Waals surface area contributed by atoms with Gasteiger partial charge in [0.05, 0.1) is 12.0 Å². The third-order valence-corrected chi connectivity index (χ3v) is 2.98. The number of rotatable bonds is 4. The van der Waals surface area contributed by atoms with E-state index in [1.165, 1.54) is 18.2 Å². The van der Waals surface area contributed by atoms with E-state index in [0.29, 0.717) is 5.56 Å². The molecule has 0 fully saturated rings. The van der Waals surface area contributed by atoms with Crippen molar-refractivity contribution in [2.45, 2.75) is 6.42 Å². The Morgan fingerprint density at radius 3 is 2.30 bits per heavy atom.